The lowest BCUT2D eigenvalue weighted by atomic mass is 9.95. The van der Waals surface area contributed by atoms with Crippen LogP contribution in [0.4, 0.5) is 0 Å². The van der Waals surface area contributed by atoms with Gasteiger partial charge in [-0.25, -0.2) is 4.79 Å². The Bertz CT molecular complexity index is 859. The summed E-state index contributed by atoms with van der Waals surface area (Å²) in [5.41, 5.74) is -1.41. The van der Waals surface area contributed by atoms with Gasteiger partial charge in [-0.3, -0.25) is 18.9 Å². The van der Waals surface area contributed by atoms with Crippen LogP contribution in [0.5, 0.6) is 0 Å². The minimum atomic E-state index is -3.77. The van der Waals surface area contributed by atoms with Crippen LogP contribution in [0.2, 0.25) is 0 Å². The minimum Gasteiger partial charge on any atom is -0.375 e. The van der Waals surface area contributed by atoms with Crippen molar-refractivity contribution in [1.82, 2.24) is 9.55 Å². The number of allylic oxidation sites excluding steroid dienone is 2. The molecule has 8 nitrogen and oxygen atoms in total. The fourth-order valence-electron chi connectivity index (χ4n) is 2.77. The quantitative estimate of drug-likeness (QED) is 0.171. The molecule has 0 saturated carbocycles. The van der Waals surface area contributed by atoms with Crippen LogP contribution in [0.3, 0.4) is 0 Å². The van der Waals surface area contributed by atoms with Crippen molar-refractivity contribution in [2.24, 2.45) is 0 Å². The summed E-state index contributed by atoms with van der Waals surface area (Å²) < 4.78 is 24.3. The van der Waals surface area contributed by atoms with E-state index in [0.717, 1.165) is 6.42 Å². The van der Waals surface area contributed by atoms with E-state index in [0.29, 0.717) is 13.0 Å². The van der Waals surface area contributed by atoms with E-state index in [9.17, 15) is 19.0 Å². The van der Waals surface area contributed by atoms with Crippen LogP contribution >= 0.6 is 36.2 Å². The van der Waals surface area contributed by atoms with Crippen LogP contribution in [-0.2, 0) is 20.4 Å². The highest BCUT2D eigenvalue weighted by Crippen LogP contribution is 2.41. The Labute approximate surface area is 184 Å². The van der Waals surface area contributed by atoms with E-state index in [4.69, 9.17) is 9.26 Å². The molecule has 0 aliphatic rings. The third kappa shape index (κ3) is 11.4. The van der Waals surface area contributed by atoms with E-state index in [1.54, 1.807) is 6.08 Å². The third-order valence-corrected chi connectivity index (χ3v) is 5.69. The van der Waals surface area contributed by atoms with Crippen molar-refractivity contribution < 1.29 is 18.7 Å². The van der Waals surface area contributed by atoms with Gasteiger partial charge in [0, 0.05) is 24.1 Å². The van der Waals surface area contributed by atoms with Crippen molar-refractivity contribution in [3.8, 4) is 0 Å². The van der Waals surface area contributed by atoms with Gasteiger partial charge in [0.05, 0.1) is 22.8 Å². The highest BCUT2D eigenvalue weighted by atomic mass is 79.9. The van der Waals surface area contributed by atoms with Crippen LogP contribution in [0.15, 0.2) is 32.4 Å². The van der Waals surface area contributed by atoms with E-state index < -0.39 is 18.8 Å². The van der Waals surface area contributed by atoms with Gasteiger partial charge in [0.2, 0.25) is 0 Å². The Morgan fingerprint density at radius 2 is 1.93 bits per heavy atom. The van der Waals surface area contributed by atoms with Gasteiger partial charge in [0.25, 0.3) is 5.56 Å². The van der Waals surface area contributed by atoms with Crippen molar-refractivity contribution in [2.45, 2.75) is 57.4 Å². The van der Waals surface area contributed by atoms with Crippen molar-refractivity contribution >= 4 is 36.2 Å². The number of H-pyrrole nitrogens is 1. The molecule has 29 heavy (non-hydrogen) atoms. The molecule has 1 unspecified atom stereocenters. The minimum absolute atomic E-state index is 0.105. The molecule has 2 N–H and O–H groups in total. The summed E-state index contributed by atoms with van der Waals surface area (Å²) in [6.45, 7) is 8.68. The fourth-order valence-corrected chi connectivity index (χ4v) is 4.44. The number of thiol groups is 1. The molecule has 0 aromatic carbocycles. The molecule has 0 spiro atoms. The van der Waals surface area contributed by atoms with Crippen molar-refractivity contribution in [3.63, 3.8) is 0 Å². The Hall–Kier alpha value is -0.640. The number of nitrogens with zero attached hydrogens (tertiary/aromatic N) is 1. The van der Waals surface area contributed by atoms with Crippen LogP contribution < -0.4 is 11.2 Å². The molecule has 0 aliphatic carbocycles. The summed E-state index contributed by atoms with van der Waals surface area (Å²) in [5, 5.41) is 0. The lowest BCUT2D eigenvalue weighted by Crippen LogP contribution is -2.32. The number of aromatic amines is 1. The van der Waals surface area contributed by atoms with E-state index >= 15 is 0 Å². The lowest BCUT2D eigenvalue weighted by Gasteiger charge is -2.32. The zero-order valence-electron chi connectivity index (χ0n) is 17.2. The third-order valence-electron chi connectivity index (χ3n) is 3.71. The van der Waals surface area contributed by atoms with Crippen molar-refractivity contribution in [2.75, 3.05) is 19.4 Å². The first-order chi connectivity index (χ1) is 13.2. The summed E-state index contributed by atoms with van der Waals surface area (Å²) in [6, 6.07) is 0. The number of ether oxygens (including phenoxy) is 1. The first-order valence-corrected chi connectivity index (χ1v) is 12.2. The number of hydrogen-bond acceptors (Lipinski definition) is 6. The van der Waals surface area contributed by atoms with E-state index in [1.165, 1.54) is 16.8 Å². The van der Waals surface area contributed by atoms with Gasteiger partial charge in [-0.2, -0.15) is 12.6 Å². The molecule has 1 heterocycles. The summed E-state index contributed by atoms with van der Waals surface area (Å²) in [4.78, 5) is 34.9. The summed E-state index contributed by atoms with van der Waals surface area (Å²) in [7, 11) is -3.77. The predicted octanol–water partition coefficient (Wildman–Crippen LogP) is 3.34. The topological polar surface area (TPSA) is 111 Å². The van der Waals surface area contributed by atoms with E-state index in [2.05, 4.69) is 33.5 Å². The molecule has 0 fully saturated rings. The van der Waals surface area contributed by atoms with Crippen LogP contribution in [0, 0.1) is 0 Å². The smallest absolute Gasteiger partial charge is 0.331 e. The van der Waals surface area contributed by atoms with Gasteiger partial charge in [0.1, 0.15) is 0 Å². The zero-order valence-corrected chi connectivity index (χ0v) is 20.6. The normalized spacial score (nSPS) is 15.0. The first kappa shape index (κ1) is 26.4. The van der Waals surface area contributed by atoms with Crippen LogP contribution in [-0.4, -0.2) is 44.2 Å². The molecule has 0 amide bonds. The van der Waals surface area contributed by atoms with Crippen LogP contribution in [0.1, 0.15) is 40.5 Å². The maximum atomic E-state index is 12.0. The fraction of sp³-hybridized carbons (Fsp3) is 0.667. The van der Waals surface area contributed by atoms with Gasteiger partial charge in [-0.05, 0) is 42.6 Å². The first-order valence-electron chi connectivity index (χ1n) is 9.18. The monoisotopic (exact) mass is 512 g/mol. The maximum absolute atomic E-state index is 12.0. The standard InChI is InChI=1S/C18H30BrN2O6PS/c1-17(2,13-18(3,4)29)26-9-7-10-27-28(24,25)11-6-5-8-21-12-14(19)15(22)20-16(21)23/h5-6,12,29H,7-11,13H2,1-4H3,(H,24,25)(H,20,22,23)/b6-5+. The highest BCUT2D eigenvalue weighted by molar-refractivity contribution is 9.10. The molecule has 11 heteroatoms. The molecule has 166 valence electrons. The molecule has 1 atom stereocenters. The number of rotatable bonds is 12. The second-order valence-electron chi connectivity index (χ2n) is 7.96. The Morgan fingerprint density at radius 3 is 2.55 bits per heavy atom. The lowest BCUT2D eigenvalue weighted by molar-refractivity contribution is -0.0320. The Kier molecular flexibility index (Phi) is 10.1. The van der Waals surface area contributed by atoms with Gasteiger partial charge in [-0.15, -0.1) is 0 Å². The maximum Gasteiger partial charge on any atom is 0.331 e. The Morgan fingerprint density at radius 1 is 1.28 bits per heavy atom. The molecule has 0 saturated heterocycles. The van der Waals surface area contributed by atoms with Gasteiger partial charge < -0.3 is 14.2 Å². The van der Waals surface area contributed by atoms with Gasteiger partial charge in [0.15, 0.2) is 0 Å². The number of nitrogens with one attached hydrogen (secondary N) is 1. The average Bonchev–Trinajstić information content (AvgIpc) is 2.53. The number of halogens is 1. The summed E-state index contributed by atoms with van der Waals surface area (Å²) in [5.74, 6) is 0. The molecule has 0 bridgehead atoms. The van der Waals surface area contributed by atoms with E-state index in [-0.39, 0.29) is 34.1 Å². The molecule has 1 aromatic heterocycles. The largest absolute Gasteiger partial charge is 0.375 e. The molecule has 0 aliphatic heterocycles. The SMILES string of the molecule is CC(C)(S)CC(C)(C)OCCCOP(=O)(O)C/C=C/Cn1cc(Br)c(=O)[nH]c1=O. The molecule has 0 radical (unpaired) electrons. The van der Waals surface area contributed by atoms with Gasteiger partial charge in [-0.1, -0.05) is 26.0 Å². The molecular formula is C18H30BrN2O6PS. The predicted molar refractivity (Wildman–Crippen MR) is 121 cm³/mol. The second kappa shape index (κ2) is 11.1. The van der Waals surface area contributed by atoms with E-state index in [1.807, 2.05) is 27.7 Å². The number of aromatic nitrogens is 2. The van der Waals surface area contributed by atoms with Crippen molar-refractivity contribution in [3.05, 3.63) is 43.7 Å². The second-order valence-corrected chi connectivity index (χ2v) is 11.9. The average molecular weight is 513 g/mol. The van der Waals surface area contributed by atoms with Crippen LogP contribution in [0.25, 0.3) is 0 Å². The molecular weight excluding hydrogens is 483 g/mol. The Balaban J connectivity index is 2.36. The zero-order chi connectivity index (χ0) is 22.3. The number of hydrogen-bond donors (Lipinski definition) is 3. The van der Waals surface area contributed by atoms with Gasteiger partial charge >= 0.3 is 13.3 Å². The molecule has 1 aromatic rings. The summed E-state index contributed by atoms with van der Waals surface area (Å²) >= 11 is 7.55. The van der Waals surface area contributed by atoms with Crippen molar-refractivity contribution in [1.29, 1.82) is 0 Å². The highest BCUT2D eigenvalue weighted by Gasteiger charge is 2.26. The molecule has 1 rings (SSSR count). The summed E-state index contributed by atoms with van der Waals surface area (Å²) in [6.07, 6.45) is 5.47.